The molecule has 0 saturated heterocycles. The van der Waals surface area contributed by atoms with Gasteiger partial charge in [-0.1, -0.05) is 27.7 Å². The van der Waals surface area contributed by atoms with Gasteiger partial charge in [0.2, 0.25) is 0 Å². The van der Waals surface area contributed by atoms with Crippen LogP contribution in [-0.4, -0.2) is 0 Å². The van der Waals surface area contributed by atoms with Gasteiger partial charge in [-0.05, 0) is 41.9 Å². The number of rotatable bonds is 0. The summed E-state index contributed by atoms with van der Waals surface area (Å²) < 4.78 is 0. The van der Waals surface area contributed by atoms with E-state index in [0.29, 0.717) is 0 Å². The van der Waals surface area contributed by atoms with E-state index in [9.17, 15) is 0 Å². The summed E-state index contributed by atoms with van der Waals surface area (Å²) in [6, 6.07) is 0. The first-order chi connectivity index (χ1) is 5.05. The predicted molar refractivity (Wildman–Crippen MR) is 48.3 cm³/mol. The molecule has 3 fully saturated rings. The van der Waals surface area contributed by atoms with Gasteiger partial charge in [0.25, 0.3) is 0 Å². The normalized spacial score (nSPS) is 62.2. The third-order valence-electron chi connectivity index (χ3n) is 4.94. The van der Waals surface area contributed by atoms with Crippen molar-refractivity contribution >= 4 is 0 Å². The molecule has 3 rings (SSSR count). The number of hydrogen-bond donors (Lipinski definition) is 0. The molecule has 0 spiro atoms. The first kappa shape index (κ1) is 7.64. The van der Waals surface area contributed by atoms with Crippen molar-refractivity contribution in [2.45, 2.75) is 40.5 Å². The Labute approximate surface area is 70.4 Å². The van der Waals surface area contributed by atoms with Crippen molar-refractivity contribution in [1.29, 1.82) is 0 Å². The van der Waals surface area contributed by atoms with Gasteiger partial charge < -0.3 is 0 Å². The molecular weight excluding hydrogens is 132 g/mol. The topological polar surface area (TPSA) is 0 Å². The van der Waals surface area contributed by atoms with Crippen molar-refractivity contribution in [1.82, 2.24) is 0 Å². The highest BCUT2D eigenvalue weighted by Crippen LogP contribution is 2.63. The summed E-state index contributed by atoms with van der Waals surface area (Å²) in [5.74, 6) is 4.04. The smallest absolute Gasteiger partial charge is 0.0269 e. The van der Waals surface area contributed by atoms with Gasteiger partial charge in [-0.25, -0.2) is 0 Å². The van der Waals surface area contributed by atoms with Gasteiger partial charge in [0.05, 0.1) is 0 Å². The summed E-state index contributed by atoms with van der Waals surface area (Å²) in [5.41, 5.74) is 0.719. The maximum absolute atomic E-state index is 2.49. The molecule has 3 aliphatic carbocycles. The zero-order valence-electron chi connectivity index (χ0n) is 8.22. The van der Waals surface area contributed by atoms with Crippen molar-refractivity contribution in [3.63, 3.8) is 0 Å². The number of hydrogen-bond acceptors (Lipinski definition) is 0. The van der Waals surface area contributed by atoms with Crippen LogP contribution in [0.3, 0.4) is 0 Å². The van der Waals surface area contributed by atoms with Crippen molar-refractivity contribution in [3.8, 4) is 0 Å². The molecule has 0 N–H and O–H groups in total. The van der Waals surface area contributed by atoms with Crippen LogP contribution in [0.5, 0.6) is 0 Å². The average molecular weight is 152 g/mol. The summed E-state index contributed by atoms with van der Waals surface area (Å²) >= 11 is 0. The number of fused-ring (bicyclic) bond motifs is 2. The minimum Gasteiger partial charge on any atom is -0.0622 e. The molecule has 3 saturated carbocycles. The second-order valence-corrected chi connectivity index (χ2v) is 5.28. The van der Waals surface area contributed by atoms with Gasteiger partial charge in [-0.15, -0.1) is 0 Å². The van der Waals surface area contributed by atoms with E-state index >= 15 is 0 Å². The molecule has 5 unspecified atom stereocenters. The summed E-state index contributed by atoms with van der Waals surface area (Å²) in [6.45, 7) is 9.84. The maximum Gasteiger partial charge on any atom is -0.0269 e. The summed E-state index contributed by atoms with van der Waals surface area (Å²) in [5, 5.41) is 0. The molecule has 5 atom stereocenters. The van der Waals surface area contributed by atoms with Crippen LogP contribution in [0.2, 0.25) is 0 Å². The molecule has 0 aromatic heterocycles. The molecule has 64 valence electrons. The van der Waals surface area contributed by atoms with Gasteiger partial charge >= 0.3 is 0 Å². The summed E-state index contributed by atoms with van der Waals surface area (Å²) in [6.07, 6.45) is 2.99. The lowest BCUT2D eigenvalue weighted by Crippen LogP contribution is -2.55. The lowest BCUT2D eigenvalue weighted by molar-refractivity contribution is -0.138. The Morgan fingerprint density at radius 3 is 2.27 bits per heavy atom. The second kappa shape index (κ2) is 2.02. The first-order valence-electron chi connectivity index (χ1n) is 5.05. The van der Waals surface area contributed by atoms with Crippen LogP contribution in [0, 0.1) is 29.1 Å². The molecule has 0 amide bonds. The van der Waals surface area contributed by atoms with E-state index in [2.05, 4.69) is 27.7 Å². The standard InChI is InChI=1S/C11H20/c1-7-5-8(2)11(4)6-10(7)9(11)3/h7-10H,5-6H2,1-4H3. The van der Waals surface area contributed by atoms with Crippen molar-refractivity contribution in [2.24, 2.45) is 29.1 Å². The summed E-state index contributed by atoms with van der Waals surface area (Å²) in [7, 11) is 0. The van der Waals surface area contributed by atoms with Crippen LogP contribution in [0.25, 0.3) is 0 Å². The minimum atomic E-state index is 0.719. The highest BCUT2D eigenvalue weighted by molar-refractivity contribution is 5.05. The molecule has 0 aromatic carbocycles. The third kappa shape index (κ3) is 0.761. The van der Waals surface area contributed by atoms with E-state index in [4.69, 9.17) is 0 Å². The van der Waals surface area contributed by atoms with Gasteiger partial charge in [0, 0.05) is 0 Å². The van der Waals surface area contributed by atoms with Crippen LogP contribution in [0.1, 0.15) is 40.5 Å². The SMILES string of the molecule is CC1CC(C)C2(C)CC1C2C. The largest absolute Gasteiger partial charge is 0.0622 e. The first-order valence-corrected chi connectivity index (χ1v) is 5.05. The van der Waals surface area contributed by atoms with Crippen molar-refractivity contribution < 1.29 is 0 Å². The van der Waals surface area contributed by atoms with Crippen molar-refractivity contribution in [2.75, 3.05) is 0 Å². The van der Waals surface area contributed by atoms with Gasteiger partial charge in [0.1, 0.15) is 0 Å². The Kier molecular flexibility index (Phi) is 1.41. The Hall–Kier alpha value is 0. The van der Waals surface area contributed by atoms with Crippen LogP contribution in [-0.2, 0) is 0 Å². The van der Waals surface area contributed by atoms with E-state index in [1.165, 1.54) is 12.8 Å². The van der Waals surface area contributed by atoms with E-state index < -0.39 is 0 Å². The quantitative estimate of drug-likeness (QED) is 0.499. The Bertz CT molecular complexity index is 167. The van der Waals surface area contributed by atoms with Gasteiger partial charge in [-0.3, -0.25) is 0 Å². The van der Waals surface area contributed by atoms with E-state index in [0.717, 1.165) is 29.1 Å². The average Bonchev–Trinajstić information content (AvgIpc) is 1.95. The van der Waals surface area contributed by atoms with Crippen LogP contribution >= 0.6 is 0 Å². The fraction of sp³-hybridized carbons (Fsp3) is 1.00. The zero-order chi connectivity index (χ0) is 8.22. The molecular formula is C11H20. The second-order valence-electron chi connectivity index (χ2n) is 5.28. The fourth-order valence-corrected chi connectivity index (χ4v) is 3.54. The monoisotopic (exact) mass is 152 g/mol. The highest BCUT2D eigenvalue weighted by Gasteiger charge is 2.56. The highest BCUT2D eigenvalue weighted by atomic mass is 14.6. The maximum atomic E-state index is 2.49. The Morgan fingerprint density at radius 2 is 1.82 bits per heavy atom. The molecule has 0 nitrogen and oxygen atoms in total. The lowest BCUT2D eigenvalue weighted by atomic mass is 9.42. The minimum absolute atomic E-state index is 0.719. The molecule has 0 heteroatoms. The summed E-state index contributed by atoms with van der Waals surface area (Å²) in [4.78, 5) is 0. The van der Waals surface area contributed by atoms with Gasteiger partial charge in [0.15, 0.2) is 0 Å². The molecule has 11 heavy (non-hydrogen) atoms. The zero-order valence-corrected chi connectivity index (χ0v) is 8.22. The lowest BCUT2D eigenvalue weighted by Gasteiger charge is -2.63. The van der Waals surface area contributed by atoms with Crippen molar-refractivity contribution in [3.05, 3.63) is 0 Å². The van der Waals surface area contributed by atoms with Crippen LogP contribution in [0.4, 0.5) is 0 Å². The van der Waals surface area contributed by atoms with E-state index in [1.54, 1.807) is 0 Å². The van der Waals surface area contributed by atoms with Crippen LogP contribution in [0.15, 0.2) is 0 Å². The van der Waals surface area contributed by atoms with Gasteiger partial charge in [-0.2, -0.15) is 0 Å². The Morgan fingerprint density at radius 1 is 1.18 bits per heavy atom. The Balaban J connectivity index is 2.20. The molecule has 0 aliphatic heterocycles. The third-order valence-corrected chi connectivity index (χ3v) is 4.94. The molecule has 0 radical (unpaired) electrons. The molecule has 3 aliphatic rings. The molecule has 2 bridgehead atoms. The molecule has 0 aromatic rings. The fourth-order valence-electron chi connectivity index (χ4n) is 3.54. The van der Waals surface area contributed by atoms with E-state index in [1.807, 2.05) is 0 Å². The van der Waals surface area contributed by atoms with E-state index in [-0.39, 0.29) is 0 Å². The molecule has 0 heterocycles. The van der Waals surface area contributed by atoms with Crippen LogP contribution < -0.4 is 0 Å². The predicted octanol–water partition coefficient (Wildman–Crippen LogP) is 3.32.